The second-order valence-corrected chi connectivity index (χ2v) is 5.53. The first-order valence-electron chi connectivity index (χ1n) is 6.18. The van der Waals surface area contributed by atoms with E-state index in [0.29, 0.717) is 5.88 Å². The van der Waals surface area contributed by atoms with Crippen molar-refractivity contribution in [3.63, 3.8) is 0 Å². The van der Waals surface area contributed by atoms with E-state index in [2.05, 4.69) is 44.9 Å². The van der Waals surface area contributed by atoms with Crippen LogP contribution < -0.4 is 4.90 Å². The molecule has 0 radical (unpaired) electrons. The number of anilines is 1. The van der Waals surface area contributed by atoms with Crippen LogP contribution in [0.25, 0.3) is 0 Å². The lowest BCUT2D eigenvalue weighted by Gasteiger charge is -2.24. The molecule has 0 unspecified atom stereocenters. The number of pyridine rings is 1. The van der Waals surface area contributed by atoms with Crippen LogP contribution in [0.2, 0.25) is 0 Å². The van der Waals surface area contributed by atoms with Crippen LogP contribution in [0.3, 0.4) is 0 Å². The first-order valence-corrected chi connectivity index (χ1v) is 7.51. The first kappa shape index (κ1) is 14.4. The standard InChI is InChI=1S/C15H16BrClN2/c1-12-7-9-18-15(14(12)16)19(10-8-17)11-13-5-3-2-4-6-13/h2-7,9H,8,10-11H2,1H3. The second kappa shape index (κ2) is 6.92. The zero-order valence-corrected chi connectivity index (χ0v) is 13.2. The minimum atomic E-state index is 0.578. The van der Waals surface area contributed by atoms with Gasteiger partial charge < -0.3 is 4.90 Å². The Morgan fingerprint density at radius 3 is 2.63 bits per heavy atom. The zero-order valence-electron chi connectivity index (χ0n) is 10.8. The summed E-state index contributed by atoms with van der Waals surface area (Å²) in [4.78, 5) is 6.67. The Labute approximate surface area is 127 Å². The summed E-state index contributed by atoms with van der Waals surface area (Å²) < 4.78 is 1.04. The molecule has 100 valence electrons. The monoisotopic (exact) mass is 338 g/mol. The van der Waals surface area contributed by atoms with Gasteiger partial charge in [-0.15, -0.1) is 11.6 Å². The Morgan fingerprint density at radius 2 is 1.95 bits per heavy atom. The zero-order chi connectivity index (χ0) is 13.7. The molecule has 2 rings (SSSR count). The van der Waals surface area contributed by atoms with Crippen molar-refractivity contribution in [3.8, 4) is 0 Å². The molecule has 4 heteroatoms. The fourth-order valence-electron chi connectivity index (χ4n) is 1.91. The van der Waals surface area contributed by atoms with Crippen molar-refractivity contribution in [3.05, 3.63) is 58.2 Å². The normalized spacial score (nSPS) is 10.5. The predicted octanol–water partition coefficient (Wildman–Crippen LogP) is 4.40. The molecule has 0 saturated heterocycles. The van der Waals surface area contributed by atoms with Crippen LogP contribution >= 0.6 is 27.5 Å². The lowest BCUT2D eigenvalue weighted by molar-refractivity contribution is 0.813. The Kier molecular flexibility index (Phi) is 5.23. The number of alkyl halides is 1. The van der Waals surface area contributed by atoms with E-state index in [-0.39, 0.29) is 0 Å². The van der Waals surface area contributed by atoms with E-state index in [9.17, 15) is 0 Å². The van der Waals surface area contributed by atoms with Crippen LogP contribution in [-0.4, -0.2) is 17.4 Å². The van der Waals surface area contributed by atoms with Gasteiger partial charge in [-0.05, 0) is 40.0 Å². The molecule has 0 N–H and O–H groups in total. The van der Waals surface area contributed by atoms with Gasteiger partial charge in [-0.1, -0.05) is 30.3 Å². The number of nitrogens with zero attached hydrogens (tertiary/aromatic N) is 2. The largest absolute Gasteiger partial charge is 0.350 e. The minimum absolute atomic E-state index is 0.578. The lowest BCUT2D eigenvalue weighted by atomic mass is 10.2. The topological polar surface area (TPSA) is 16.1 Å². The lowest BCUT2D eigenvalue weighted by Crippen LogP contribution is -2.26. The molecule has 0 bridgehead atoms. The number of halogens is 2. The Balaban J connectivity index is 2.27. The highest BCUT2D eigenvalue weighted by molar-refractivity contribution is 9.10. The molecule has 0 aliphatic rings. The Bertz CT molecular complexity index is 531. The van der Waals surface area contributed by atoms with E-state index in [4.69, 9.17) is 11.6 Å². The van der Waals surface area contributed by atoms with Gasteiger partial charge in [-0.2, -0.15) is 0 Å². The summed E-state index contributed by atoms with van der Waals surface area (Å²) >= 11 is 9.54. The SMILES string of the molecule is Cc1ccnc(N(CCCl)Cc2ccccc2)c1Br. The number of aromatic nitrogens is 1. The minimum Gasteiger partial charge on any atom is -0.350 e. The highest BCUT2D eigenvalue weighted by atomic mass is 79.9. The third-order valence-electron chi connectivity index (χ3n) is 2.93. The van der Waals surface area contributed by atoms with Crippen LogP contribution in [0.1, 0.15) is 11.1 Å². The van der Waals surface area contributed by atoms with Gasteiger partial charge >= 0.3 is 0 Å². The first-order chi connectivity index (χ1) is 9.22. The maximum atomic E-state index is 5.92. The van der Waals surface area contributed by atoms with E-state index >= 15 is 0 Å². The van der Waals surface area contributed by atoms with Crippen molar-refractivity contribution in [1.29, 1.82) is 0 Å². The molecule has 2 aromatic rings. The molecule has 2 nitrogen and oxygen atoms in total. The molecule has 0 aliphatic carbocycles. The van der Waals surface area contributed by atoms with Crippen molar-refractivity contribution in [1.82, 2.24) is 4.98 Å². The summed E-state index contributed by atoms with van der Waals surface area (Å²) in [6.45, 7) is 3.64. The number of hydrogen-bond acceptors (Lipinski definition) is 2. The molecule has 0 spiro atoms. The summed E-state index contributed by atoms with van der Waals surface area (Å²) in [7, 11) is 0. The van der Waals surface area contributed by atoms with Gasteiger partial charge in [0.15, 0.2) is 0 Å². The number of hydrogen-bond donors (Lipinski definition) is 0. The molecule has 1 heterocycles. The third kappa shape index (κ3) is 3.71. The van der Waals surface area contributed by atoms with Crippen LogP contribution in [-0.2, 0) is 6.54 Å². The van der Waals surface area contributed by atoms with Gasteiger partial charge in [-0.3, -0.25) is 0 Å². The fourth-order valence-corrected chi connectivity index (χ4v) is 2.60. The van der Waals surface area contributed by atoms with Gasteiger partial charge in [0, 0.05) is 25.2 Å². The van der Waals surface area contributed by atoms with Gasteiger partial charge in [0.25, 0.3) is 0 Å². The molecule has 0 atom stereocenters. The maximum absolute atomic E-state index is 5.92. The predicted molar refractivity (Wildman–Crippen MR) is 84.9 cm³/mol. The highest BCUT2D eigenvalue weighted by Gasteiger charge is 2.13. The van der Waals surface area contributed by atoms with Crippen molar-refractivity contribution >= 4 is 33.3 Å². The highest BCUT2D eigenvalue weighted by Crippen LogP contribution is 2.27. The summed E-state index contributed by atoms with van der Waals surface area (Å²) in [6, 6.07) is 12.3. The van der Waals surface area contributed by atoms with Crippen LogP contribution in [0.5, 0.6) is 0 Å². The van der Waals surface area contributed by atoms with Gasteiger partial charge in [0.1, 0.15) is 5.82 Å². The van der Waals surface area contributed by atoms with Crippen molar-refractivity contribution in [2.75, 3.05) is 17.3 Å². The van der Waals surface area contributed by atoms with E-state index in [1.165, 1.54) is 11.1 Å². The molecule has 0 amide bonds. The average Bonchev–Trinajstić information content (AvgIpc) is 2.43. The fraction of sp³-hybridized carbons (Fsp3) is 0.267. The van der Waals surface area contributed by atoms with Gasteiger partial charge in [0.05, 0.1) is 4.47 Å². The van der Waals surface area contributed by atoms with E-state index in [0.717, 1.165) is 23.4 Å². The molecule has 0 saturated carbocycles. The summed E-state index contributed by atoms with van der Waals surface area (Å²) in [5, 5.41) is 0. The summed E-state index contributed by atoms with van der Waals surface area (Å²) in [5.41, 5.74) is 2.43. The average molecular weight is 340 g/mol. The Hall–Kier alpha value is -1.06. The number of aryl methyl sites for hydroxylation is 1. The quantitative estimate of drug-likeness (QED) is 0.751. The van der Waals surface area contributed by atoms with Crippen LogP contribution in [0, 0.1) is 6.92 Å². The van der Waals surface area contributed by atoms with E-state index < -0.39 is 0 Å². The second-order valence-electron chi connectivity index (χ2n) is 4.36. The third-order valence-corrected chi connectivity index (χ3v) is 4.08. The molecule has 1 aromatic heterocycles. The maximum Gasteiger partial charge on any atom is 0.143 e. The molecule has 1 aromatic carbocycles. The molecular weight excluding hydrogens is 324 g/mol. The molecular formula is C15H16BrClN2. The molecule has 0 fully saturated rings. The van der Waals surface area contributed by atoms with Crippen molar-refractivity contribution in [2.24, 2.45) is 0 Å². The Morgan fingerprint density at radius 1 is 1.21 bits per heavy atom. The van der Waals surface area contributed by atoms with Crippen LogP contribution in [0.15, 0.2) is 47.1 Å². The van der Waals surface area contributed by atoms with Crippen LogP contribution in [0.4, 0.5) is 5.82 Å². The summed E-state index contributed by atoms with van der Waals surface area (Å²) in [5.74, 6) is 1.53. The number of benzene rings is 1. The smallest absolute Gasteiger partial charge is 0.143 e. The van der Waals surface area contributed by atoms with Gasteiger partial charge in [-0.25, -0.2) is 4.98 Å². The summed E-state index contributed by atoms with van der Waals surface area (Å²) in [6.07, 6.45) is 1.83. The van der Waals surface area contributed by atoms with Crippen molar-refractivity contribution in [2.45, 2.75) is 13.5 Å². The van der Waals surface area contributed by atoms with Gasteiger partial charge in [0.2, 0.25) is 0 Å². The van der Waals surface area contributed by atoms with E-state index in [1.807, 2.05) is 30.5 Å². The number of rotatable bonds is 5. The van der Waals surface area contributed by atoms with E-state index in [1.54, 1.807) is 0 Å². The van der Waals surface area contributed by atoms with Crippen molar-refractivity contribution < 1.29 is 0 Å². The molecule has 19 heavy (non-hydrogen) atoms. The molecule has 0 aliphatic heterocycles.